The third kappa shape index (κ3) is 5.45. The van der Waals surface area contributed by atoms with Gasteiger partial charge in [-0.15, -0.1) is 0 Å². The van der Waals surface area contributed by atoms with Gasteiger partial charge in [0.1, 0.15) is 0 Å². The number of rotatable bonds is 5. The molecular weight excluding hydrogens is 718 g/mol. The van der Waals surface area contributed by atoms with Gasteiger partial charge in [-0.1, -0.05) is 0 Å². The maximum atomic E-state index is 10.8. The Kier molecular flexibility index (Phi) is 7.08. The molecule has 0 aromatic heterocycles. The van der Waals surface area contributed by atoms with Crippen molar-refractivity contribution in [2.45, 2.75) is 0 Å². The molecule has 0 spiro atoms. The molecule has 1 aliphatic rings. The van der Waals surface area contributed by atoms with E-state index in [1.807, 2.05) is 6.08 Å². The summed E-state index contributed by atoms with van der Waals surface area (Å²) in [6, 6.07) is 6.60. The molecule has 2 rings (SSSR count). The Morgan fingerprint density at radius 3 is 2.65 bits per heavy atom. The van der Waals surface area contributed by atoms with Gasteiger partial charge < -0.3 is 0 Å². The Hall–Kier alpha value is 0.650. The van der Waals surface area contributed by atoms with E-state index in [1.165, 1.54) is 0 Å². The van der Waals surface area contributed by atoms with Crippen LogP contribution in [0.25, 0.3) is 0 Å². The van der Waals surface area contributed by atoms with Gasteiger partial charge in [0, 0.05) is 0 Å². The zero-order valence-corrected chi connectivity index (χ0v) is 18.5. The summed E-state index contributed by atoms with van der Waals surface area (Å²) in [6.07, 6.45) is 1.96. The predicted octanol–water partition coefficient (Wildman–Crippen LogP) is -2.37. The Bertz CT molecular complexity index is 546. The van der Waals surface area contributed by atoms with E-state index in [-0.39, 0.29) is 36.2 Å². The fourth-order valence-corrected chi connectivity index (χ4v) is 103. The monoisotopic (exact) mass is 729 g/mol. The first-order valence-electron chi connectivity index (χ1n) is 5.06. The number of phenolic OH excluding ortho intramolecular Hbond substituents is 1. The van der Waals surface area contributed by atoms with Crippen molar-refractivity contribution in [2.75, 3.05) is 0 Å². The Balaban J connectivity index is 1.88. The minimum atomic E-state index is -2.14. The van der Waals surface area contributed by atoms with E-state index in [2.05, 4.69) is 8.17 Å². The fourth-order valence-electron chi connectivity index (χ4n) is 1.07. The molecule has 0 unspecified atom stereocenters. The van der Waals surface area contributed by atoms with Gasteiger partial charge in [-0.05, 0) is 0 Å². The first kappa shape index (κ1) is 17.0. The van der Waals surface area contributed by atoms with Crippen molar-refractivity contribution in [1.82, 2.24) is 0 Å². The fraction of sp³-hybridized carbons (Fsp3) is 0. The molecule has 0 saturated heterocycles. The molecule has 1 aromatic rings. The summed E-state index contributed by atoms with van der Waals surface area (Å²) in [5.74, 6) is 1.73. The van der Waals surface area contributed by atoms with E-state index in [4.69, 9.17) is 13.8 Å². The molecule has 0 amide bonds. The predicted molar refractivity (Wildman–Crippen MR) is 86.2 cm³/mol. The van der Waals surface area contributed by atoms with Gasteiger partial charge in [0.25, 0.3) is 0 Å². The van der Waals surface area contributed by atoms with Crippen molar-refractivity contribution in [1.29, 1.82) is 0 Å². The molecule has 9 heteroatoms. The summed E-state index contributed by atoms with van der Waals surface area (Å²) in [5, 5.41) is 18.1. The third-order valence-corrected chi connectivity index (χ3v) is 91.7. The molecule has 0 radical (unpaired) electrons. The van der Waals surface area contributed by atoms with Crippen LogP contribution in [0, 0.1) is 0 Å². The second-order valence-electron chi connectivity index (χ2n) is 3.27. The SMILES string of the molecule is NI([I-]I1C=CC(Oc2ccc(O)cc2)=C[I-]1)C(=O)O. The van der Waals surface area contributed by atoms with E-state index in [1.54, 1.807) is 24.3 Å². The number of carbonyl (C=O) groups is 1. The number of nitrogens with two attached hydrogens (primary N) is 1. The number of ether oxygens (including phenoxy) is 1. The molecule has 1 heterocycles. The van der Waals surface area contributed by atoms with E-state index >= 15 is 0 Å². The zero-order valence-electron chi connectivity index (χ0n) is 9.84. The first-order valence-corrected chi connectivity index (χ1v) is 28.7. The number of aromatic hydroxyl groups is 1. The quantitative estimate of drug-likeness (QED) is 0.179. The van der Waals surface area contributed by atoms with Gasteiger partial charge >= 0.3 is 142 Å². The zero-order chi connectivity index (χ0) is 14.5. The normalized spacial score (nSPS) is 17.1. The maximum absolute atomic E-state index is 10.8. The standard InChI is InChI=1S/C11H11I4NO4/c16-15(11(18)19)13-14-6-5-10(7-12-14)20-9-3-1-8(17)2-4-9/h1-7,17H,16H2,(H,18,19)/q-2. The van der Waals surface area contributed by atoms with Crippen LogP contribution in [0.15, 0.2) is 44.3 Å². The Morgan fingerprint density at radius 1 is 1.40 bits per heavy atom. The number of phenols is 1. The van der Waals surface area contributed by atoms with Gasteiger partial charge in [-0.25, -0.2) is 0 Å². The second kappa shape index (κ2) is 8.33. The van der Waals surface area contributed by atoms with Crippen molar-refractivity contribution in [3.63, 3.8) is 0 Å². The number of hydrogen-bond acceptors (Lipinski definition) is 4. The molecule has 0 aliphatic carbocycles. The van der Waals surface area contributed by atoms with Crippen molar-refractivity contribution < 1.29 is 50.2 Å². The van der Waals surface area contributed by atoms with Gasteiger partial charge in [-0.3, -0.25) is 0 Å². The molecule has 5 nitrogen and oxygen atoms in total. The molecular formula is C11H11I4NO4-2. The van der Waals surface area contributed by atoms with Crippen LogP contribution in [0.1, 0.15) is 0 Å². The summed E-state index contributed by atoms with van der Waals surface area (Å²) in [4.78, 5) is 10.8. The van der Waals surface area contributed by atoms with Gasteiger partial charge in [-0.2, -0.15) is 0 Å². The molecule has 4 N–H and O–H groups in total. The molecule has 0 fully saturated rings. The average molecular weight is 729 g/mol. The topological polar surface area (TPSA) is 92.8 Å². The van der Waals surface area contributed by atoms with E-state index in [9.17, 15) is 9.90 Å². The second-order valence-corrected chi connectivity index (χ2v) is 56.3. The number of halogens is 4. The first-order chi connectivity index (χ1) is 9.54. The molecule has 1 aromatic carbocycles. The molecule has 0 bridgehead atoms. The summed E-state index contributed by atoms with van der Waals surface area (Å²) >= 11 is -3.65. The third-order valence-electron chi connectivity index (χ3n) is 1.89. The van der Waals surface area contributed by atoms with Crippen molar-refractivity contribution in [3.8, 4) is 11.5 Å². The van der Waals surface area contributed by atoms with Crippen LogP contribution in [0.5, 0.6) is 11.5 Å². The van der Waals surface area contributed by atoms with E-state index < -0.39 is 32.0 Å². The number of benzene rings is 1. The van der Waals surface area contributed by atoms with Crippen molar-refractivity contribution in [3.05, 3.63) is 44.3 Å². The van der Waals surface area contributed by atoms with Crippen LogP contribution in [-0.2, 0) is 0 Å². The Labute approximate surface area is 139 Å². The van der Waals surface area contributed by atoms with Crippen LogP contribution in [0.4, 0.5) is 4.79 Å². The molecule has 0 saturated carbocycles. The number of carboxylic acid groups (broad SMARTS) is 1. The van der Waals surface area contributed by atoms with Crippen LogP contribution >= 0.6 is 28.0 Å². The van der Waals surface area contributed by atoms with Crippen LogP contribution in [0.3, 0.4) is 0 Å². The summed E-state index contributed by atoms with van der Waals surface area (Å²) in [6.45, 7) is 0. The van der Waals surface area contributed by atoms with Crippen LogP contribution < -0.4 is 39.2 Å². The van der Waals surface area contributed by atoms with E-state index in [0.29, 0.717) is 5.75 Å². The van der Waals surface area contributed by atoms with Crippen molar-refractivity contribution >= 4 is 32.0 Å². The van der Waals surface area contributed by atoms with Crippen molar-refractivity contribution in [2.24, 2.45) is 3.95 Å². The average Bonchev–Trinajstić information content (AvgIpc) is 2.43. The van der Waals surface area contributed by atoms with Gasteiger partial charge in [0.15, 0.2) is 0 Å². The summed E-state index contributed by atoms with van der Waals surface area (Å²) in [7, 11) is 0. The molecule has 20 heavy (non-hydrogen) atoms. The Morgan fingerprint density at radius 2 is 2.10 bits per heavy atom. The van der Waals surface area contributed by atoms with Crippen LogP contribution in [-0.4, -0.2) is 14.2 Å². The van der Waals surface area contributed by atoms with Crippen LogP contribution in [0.2, 0.25) is 0 Å². The molecule has 0 atom stereocenters. The minimum absolute atomic E-state index is 0.0771. The number of allylic oxidation sites excluding steroid dienone is 1. The van der Waals surface area contributed by atoms with Gasteiger partial charge in [0.05, 0.1) is 0 Å². The summed E-state index contributed by atoms with van der Waals surface area (Å²) < 4.78 is 15.1. The van der Waals surface area contributed by atoms with E-state index in [0.717, 1.165) is 5.76 Å². The summed E-state index contributed by atoms with van der Waals surface area (Å²) in [5.41, 5.74) is 0. The van der Waals surface area contributed by atoms with Gasteiger partial charge in [0.2, 0.25) is 0 Å². The molecule has 114 valence electrons. The number of hydrogen-bond donors (Lipinski definition) is 3. The molecule has 1 aliphatic heterocycles.